The van der Waals surface area contributed by atoms with Gasteiger partial charge in [-0.3, -0.25) is 4.79 Å². The van der Waals surface area contributed by atoms with Crippen LogP contribution in [-0.4, -0.2) is 36.9 Å². The van der Waals surface area contributed by atoms with Crippen molar-refractivity contribution in [1.82, 2.24) is 4.81 Å². The van der Waals surface area contributed by atoms with Crippen LogP contribution < -0.4 is 0 Å². The summed E-state index contributed by atoms with van der Waals surface area (Å²) in [5.41, 5.74) is -0.702. The molecule has 71 valence electrons. The standard InChI is InChI=1S/C9H15BNO2/c1-4-5-9(2)8(12)11(10-3)6-7-13-9/h4H,1,5-7H2,2-3H3/t9-/m0/s1. The molecule has 0 aromatic rings. The van der Waals surface area contributed by atoms with Crippen LogP contribution in [-0.2, 0) is 9.53 Å². The van der Waals surface area contributed by atoms with E-state index in [0.29, 0.717) is 19.6 Å². The van der Waals surface area contributed by atoms with Gasteiger partial charge in [-0.2, -0.15) is 0 Å². The van der Waals surface area contributed by atoms with Crippen LogP contribution in [0.15, 0.2) is 12.7 Å². The molecule has 1 aliphatic rings. The third-order valence-electron chi connectivity index (χ3n) is 2.31. The Kier molecular flexibility index (Phi) is 3.14. The summed E-state index contributed by atoms with van der Waals surface area (Å²) >= 11 is 0. The lowest BCUT2D eigenvalue weighted by molar-refractivity contribution is -0.161. The molecular formula is C9H15BNO2. The van der Waals surface area contributed by atoms with Gasteiger partial charge in [-0.1, -0.05) is 12.9 Å². The first-order valence-corrected chi connectivity index (χ1v) is 4.49. The fourth-order valence-electron chi connectivity index (χ4n) is 1.50. The number of nitrogens with zero attached hydrogens (tertiary/aromatic N) is 1. The average molecular weight is 180 g/mol. The van der Waals surface area contributed by atoms with Gasteiger partial charge in [0.2, 0.25) is 13.3 Å². The highest BCUT2D eigenvalue weighted by molar-refractivity contribution is 6.35. The van der Waals surface area contributed by atoms with Crippen molar-refractivity contribution in [3.05, 3.63) is 12.7 Å². The Balaban J connectivity index is 2.74. The van der Waals surface area contributed by atoms with E-state index in [4.69, 9.17) is 4.74 Å². The minimum absolute atomic E-state index is 0.0288. The largest absolute Gasteiger partial charge is 0.387 e. The van der Waals surface area contributed by atoms with Gasteiger partial charge in [0.15, 0.2) is 0 Å². The Morgan fingerprint density at radius 2 is 2.54 bits per heavy atom. The number of ether oxygens (including phenoxy) is 1. The van der Waals surface area contributed by atoms with Crippen LogP contribution in [0.25, 0.3) is 0 Å². The van der Waals surface area contributed by atoms with E-state index in [1.807, 2.05) is 13.7 Å². The molecular weight excluding hydrogens is 165 g/mol. The predicted molar refractivity (Wildman–Crippen MR) is 52.5 cm³/mol. The molecule has 1 radical (unpaired) electrons. The van der Waals surface area contributed by atoms with E-state index in [2.05, 4.69) is 6.58 Å². The fourth-order valence-corrected chi connectivity index (χ4v) is 1.50. The van der Waals surface area contributed by atoms with E-state index in [9.17, 15) is 4.79 Å². The van der Waals surface area contributed by atoms with Crippen LogP contribution in [0.4, 0.5) is 0 Å². The number of rotatable bonds is 3. The summed E-state index contributed by atoms with van der Waals surface area (Å²) in [4.78, 5) is 13.5. The topological polar surface area (TPSA) is 29.5 Å². The third kappa shape index (κ3) is 1.94. The Bertz CT molecular complexity index is 220. The molecule has 0 N–H and O–H groups in total. The molecule has 0 aromatic heterocycles. The second-order valence-corrected chi connectivity index (χ2v) is 3.33. The highest BCUT2D eigenvalue weighted by atomic mass is 16.5. The summed E-state index contributed by atoms with van der Waals surface area (Å²) in [5.74, 6) is 0.0288. The van der Waals surface area contributed by atoms with Crippen molar-refractivity contribution in [3.8, 4) is 0 Å². The van der Waals surface area contributed by atoms with Crippen molar-refractivity contribution in [2.75, 3.05) is 13.2 Å². The molecule has 4 heteroatoms. The lowest BCUT2D eigenvalue weighted by atomic mass is 9.89. The molecule has 0 saturated carbocycles. The lowest BCUT2D eigenvalue weighted by Gasteiger charge is -2.38. The molecule has 1 amide bonds. The first-order valence-electron chi connectivity index (χ1n) is 4.49. The first kappa shape index (κ1) is 10.3. The molecule has 1 atom stereocenters. The van der Waals surface area contributed by atoms with Crippen LogP contribution in [0, 0.1) is 0 Å². The van der Waals surface area contributed by atoms with Gasteiger partial charge in [0.05, 0.1) is 6.61 Å². The zero-order valence-electron chi connectivity index (χ0n) is 8.25. The molecule has 0 spiro atoms. The third-order valence-corrected chi connectivity index (χ3v) is 2.31. The van der Waals surface area contributed by atoms with Crippen LogP contribution in [0.2, 0.25) is 6.82 Å². The second kappa shape index (κ2) is 3.96. The molecule has 13 heavy (non-hydrogen) atoms. The van der Waals surface area contributed by atoms with Gasteiger partial charge in [0, 0.05) is 13.0 Å². The lowest BCUT2D eigenvalue weighted by Crippen LogP contribution is -2.55. The summed E-state index contributed by atoms with van der Waals surface area (Å²) in [6, 6.07) is 0. The van der Waals surface area contributed by atoms with E-state index in [-0.39, 0.29) is 5.91 Å². The molecule has 0 bridgehead atoms. The summed E-state index contributed by atoms with van der Waals surface area (Å²) in [5, 5.41) is 0. The molecule has 1 aliphatic heterocycles. The number of carbonyl (C=O) groups is 1. The maximum Gasteiger partial charge on any atom is 0.246 e. The molecule has 1 rings (SSSR count). The van der Waals surface area contributed by atoms with Gasteiger partial charge in [0.25, 0.3) is 0 Å². The highest BCUT2D eigenvalue weighted by Crippen LogP contribution is 2.22. The zero-order valence-corrected chi connectivity index (χ0v) is 8.25. The van der Waals surface area contributed by atoms with E-state index >= 15 is 0 Å². The van der Waals surface area contributed by atoms with Gasteiger partial charge in [-0.15, -0.1) is 6.58 Å². The molecule has 0 aromatic carbocycles. The second-order valence-electron chi connectivity index (χ2n) is 3.33. The molecule has 1 saturated heterocycles. The van der Waals surface area contributed by atoms with Crippen LogP contribution in [0.3, 0.4) is 0 Å². The predicted octanol–water partition coefficient (Wildman–Crippen LogP) is 0.847. The molecule has 0 unspecified atom stereocenters. The molecule has 3 nitrogen and oxygen atoms in total. The van der Waals surface area contributed by atoms with Crippen molar-refractivity contribution >= 4 is 13.3 Å². The van der Waals surface area contributed by atoms with Gasteiger partial charge in [-0.25, -0.2) is 0 Å². The number of hydrogen-bond donors (Lipinski definition) is 0. The van der Waals surface area contributed by atoms with Gasteiger partial charge in [0.1, 0.15) is 5.60 Å². The number of morpholine rings is 1. The summed E-state index contributed by atoms with van der Waals surface area (Å²) in [7, 11) is 1.80. The number of carbonyl (C=O) groups excluding carboxylic acids is 1. The van der Waals surface area contributed by atoms with E-state index in [0.717, 1.165) is 0 Å². The van der Waals surface area contributed by atoms with E-state index < -0.39 is 5.60 Å². The average Bonchev–Trinajstić information content (AvgIpc) is 2.11. The Morgan fingerprint density at radius 1 is 1.85 bits per heavy atom. The van der Waals surface area contributed by atoms with Crippen molar-refractivity contribution in [2.45, 2.75) is 25.8 Å². The normalized spacial score (nSPS) is 28.8. The van der Waals surface area contributed by atoms with Crippen molar-refractivity contribution in [3.63, 3.8) is 0 Å². The van der Waals surface area contributed by atoms with Crippen molar-refractivity contribution in [2.24, 2.45) is 0 Å². The van der Waals surface area contributed by atoms with E-state index in [1.165, 1.54) is 0 Å². The van der Waals surface area contributed by atoms with Gasteiger partial charge in [-0.05, 0) is 6.92 Å². The molecule has 1 fully saturated rings. The maximum atomic E-state index is 11.8. The van der Waals surface area contributed by atoms with E-state index in [1.54, 1.807) is 18.3 Å². The maximum absolute atomic E-state index is 11.8. The number of hydrogen-bond acceptors (Lipinski definition) is 2. The van der Waals surface area contributed by atoms with Crippen LogP contribution in [0.5, 0.6) is 0 Å². The summed E-state index contributed by atoms with van der Waals surface area (Å²) in [6.07, 6.45) is 2.28. The number of amides is 1. The first-order chi connectivity index (χ1) is 6.14. The van der Waals surface area contributed by atoms with Gasteiger partial charge >= 0.3 is 0 Å². The Hall–Kier alpha value is -0.765. The minimum Gasteiger partial charge on any atom is -0.387 e. The summed E-state index contributed by atoms with van der Waals surface area (Å²) < 4.78 is 5.47. The van der Waals surface area contributed by atoms with Gasteiger partial charge < -0.3 is 9.55 Å². The quantitative estimate of drug-likeness (QED) is 0.475. The smallest absolute Gasteiger partial charge is 0.246 e. The minimum atomic E-state index is -0.702. The SMILES string of the molecule is C=CC[C@]1(C)OCCN([B]C)C1=O. The molecule has 0 aliphatic carbocycles. The zero-order chi connectivity index (χ0) is 9.90. The van der Waals surface area contributed by atoms with Crippen LogP contribution >= 0.6 is 0 Å². The fraction of sp³-hybridized carbons (Fsp3) is 0.667. The summed E-state index contributed by atoms with van der Waals surface area (Å²) in [6.45, 7) is 8.55. The Labute approximate surface area is 80.0 Å². The van der Waals surface area contributed by atoms with Crippen LogP contribution in [0.1, 0.15) is 13.3 Å². The van der Waals surface area contributed by atoms with Crippen molar-refractivity contribution < 1.29 is 9.53 Å². The highest BCUT2D eigenvalue weighted by Gasteiger charge is 2.39. The Morgan fingerprint density at radius 3 is 3.08 bits per heavy atom. The molecule has 1 heterocycles. The van der Waals surface area contributed by atoms with Crippen molar-refractivity contribution in [1.29, 1.82) is 0 Å². The monoisotopic (exact) mass is 180 g/mol.